The highest BCUT2D eigenvalue weighted by molar-refractivity contribution is 4.87. The molecular weight excluding hydrogens is 261 g/mol. The largest absolute Gasteiger partial charge is 0.392 e. The number of rotatable bonds is 3. The molecule has 19 heavy (non-hydrogen) atoms. The van der Waals surface area contributed by atoms with Crippen LogP contribution >= 0.6 is 0 Å². The highest BCUT2D eigenvalue weighted by Crippen LogP contribution is 2.41. The number of aliphatic hydroxyl groups excluding tert-OH is 1. The SMILES string of the molecule is Cn1nnc(CC(O)C2CCCC(C(F)(F)F)C2)n1. The van der Waals surface area contributed by atoms with Crippen LogP contribution in [0.4, 0.5) is 13.2 Å². The van der Waals surface area contributed by atoms with Crippen molar-refractivity contribution in [3.63, 3.8) is 0 Å². The number of aryl methyl sites for hydroxylation is 1. The molecule has 0 saturated heterocycles. The second kappa shape index (κ2) is 5.44. The Morgan fingerprint density at radius 2 is 2.16 bits per heavy atom. The quantitative estimate of drug-likeness (QED) is 0.909. The van der Waals surface area contributed by atoms with Gasteiger partial charge in [0.15, 0.2) is 5.82 Å². The minimum atomic E-state index is -4.16. The van der Waals surface area contributed by atoms with Crippen LogP contribution in [0.3, 0.4) is 0 Å². The van der Waals surface area contributed by atoms with Gasteiger partial charge in [0.2, 0.25) is 0 Å². The van der Waals surface area contributed by atoms with E-state index in [1.807, 2.05) is 0 Å². The monoisotopic (exact) mass is 278 g/mol. The van der Waals surface area contributed by atoms with Gasteiger partial charge in [-0.15, -0.1) is 10.2 Å². The van der Waals surface area contributed by atoms with E-state index in [1.54, 1.807) is 7.05 Å². The van der Waals surface area contributed by atoms with Gasteiger partial charge in [0.05, 0.1) is 19.1 Å². The second-order valence-electron chi connectivity index (χ2n) is 5.13. The summed E-state index contributed by atoms with van der Waals surface area (Å²) in [5.74, 6) is -1.27. The van der Waals surface area contributed by atoms with E-state index in [0.717, 1.165) is 0 Å². The Balaban J connectivity index is 1.93. The minimum absolute atomic E-state index is 0.00900. The molecule has 1 aliphatic rings. The van der Waals surface area contributed by atoms with Crippen LogP contribution < -0.4 is 0 Å². The standard InChI is InChI=1S/C11H17F3N4O/c1-18-16-10(15-17-18)6-9(19)7-3-2-4-8(5-7)11(12,13)14/h7-9,19H,2-6H2,1H3. The lowest BCUT2D eigenvalue weighted by Crippen LogP contribution is -2.34. The zero-order valence-corrected chi connectivity index (χ0v) is 10.6. The van der Waals surface area contributed by atoms with Crippen LogP contribution in [0.1, 0.15) is 31.5 Å². The van der Waals surface area contributed by atoms with Crippen LogP contribution in [0.2, 0.25) is 0 Å². The van der Waals surface area contributed by atoms with Gasteiger partial charge < -0.3 is 5.11 Å². The van der Waals surface area contributed by atoms with Crippen LogP contribution in [-0.4, -0.2) is 37.6 Å². The average molecular weight is 278 g/mol. The van der Waals surface area contributed by atoms with Gasteiger partial charge >= 0.3 is 6.18 Å². The van der Waals surface area contributed by atoms with Crippen molar-refractivity contribution in [2.75, 3.05) is 0 Å². The Labute approximate surface area is 108 Å². The summed E-state index contributed by atoms with van der Waals surface area (Å²) in [7, 11) is 1.60. The number of aliphatic hydroxyl groups is 1. The molecule has 1 aromatic heterocycles. The van der Waals surface area contributed by atoms with E-state index >= 15 is 0 Å². The van der Waals surface area contributed by atoms with Gasteiger partial charge in [-0.2, -0.15) is 18.0 Å². The van der Waals surface area contributed by atoms with E-state index in [0.29, 0.717) is 18.7 Å². The molecule has 1 heterocycles. The first-order valence-electron chi connectivity index (χ1n) is 6.34. The van der Waals surface area contributed by atoms with E-state index in [2.05, 4.69) is 15.4 Å². The molecule has 0 spiro atoms. The molecule has 0 aromatic carbocycles. The highest BCUT2D eigenvalue weighted by atomic mass is 19.4. The summed E-state index contributed by atoms with van der Waals surface area (Å²) in [6.45, 7) is 0. The molecule has 5 nitrogen and oxygen atoms in total. The molecule has 108 valence electrons. The Kier molecular flexibility index (Phi) is 4.07. The van der Waals surface area contributed by atoms with Crippen LogP contribution in [0.15, 0.2) is 0 Å². The molecule has 0 amide bonds. The summed E-state index contributed by atoms with van der Waals surface area (Å²) < 4.78 is 38.1. The van der Waals surface area contributed by atoms with Gasteiger partial charge in [0, 0.05) is 6.42 Å². The summed E-state index contributed by atoms with van der Waals surface area (Å²) in [5.41, 5.74) is 0. The Bertz CT molecular complexity index is 420. The first kappa shape index (κ1) is 14.2. The Morgan fingerprint density at radius 3 is 2.74 bits per heavy atom. The van der Waals surface area contributed by atoms with Crippen LogP contribution in [-0.2, 0) is 13.5 Å². The average Bonchev–Trinajstić information content (AvgIpc) is 2.74. The number of nitrogens with zero attached hydrogens (tertiary/aromatic N) is 4. The molecule has 0 radical (unpaired) electrons. The van der Waals surface area contributed by atoms with Crippen molar-refractivity contribution in [1.29, 1.82) is 0 Å². The lowest BCUT2D eigenvalue weighted by atomic mass is 9.77. The van der Waals surface area contributed by atoms with Crippen molar-refractivity contribution in [1.82, 2.24) is 20.2 Å². The maximum atomic E-state index is 12.7. The number of tetrazole rings is 1. The lowest BCUT2D eigenvalue weighted by molar-refractivity contribution is -0.188. The summed E-state index contributed by atoms with van der Waals surface area (Å²) >= 11 is 0. The normalized spacial score (nSPS) is 26.4. The molecule has 1 aromatic rings. The van der Waals surface area contributed by atoms with Crippen molar-refractivity contribution < 1.29 is 18.3 Å². The molecule has 1 aliphatic carbocycles. The second-order valence-corrected chi connectivity index (χ2v) is 5.13. The number of hydrogen-bond acceptors (Lipinski definition) is 4. The van der Waals surface area contributed by atoms with Crippen molar-refractivity contribution >= 4 is 0 Å². The predicted octanol–water partition coefficient (Wildman–Crippen LogP) is 1.48. The maximum absolute atomic E-state index is 12.7. The molecule has 8 heteroatoms. The number of hydrogen-bond donors (Lipinski definition) is 1. The number of aromatic nitrogens is 4. The molecule has 1 fully saturated rings. The van der Waals surface area contributed by atoms with Crippen LogP contribution in [0, 0.1) is 11.8 Å². The fraction of sp³-hybridized carbons (Fsp3) is 0.909. The Hall–Kier alpha value is -1.18. The zero-order chi connectivity index (χ0) is 14.0. The summed E-state index contributed by atoms with van der Waals surface area (Å²) in [5, 5.41) is 21.3. The third-order valence-corrected chi connectivity index (χ3v) is 3.66. The number of alkyl halides is 3. The first-order chi connectivity index (χ1) is 8.86. The van der Waals surface area contributed by atoms with Gasteiger partial charge in [0.1, 0.15) is 0 Å². The predicted molar refractivity (Wildman–Crippen MR) is 60.0 cm³/mol. The van der Waals surface area contributed by atoms with Crippen molar-refractivity contribution in [3.8, 4) is 0 Å². The first-order valence-corrected chi connectivity index (χ1v) is 6.34. The van der Waals surface area contributed by atoms with Crippen molar-refractivity contribution in [3.05, 3.63) is 5.82 Å². The fourth-order valence-electron chi connectivity index (χ4n) is 2.63. The molecule has 0 bridgehead atoms. The van der Waals surface area contributed by atoms with E-state index in [-0.39, 0.29) is 25.2 Å². The van der Waals surface area contributed by atoms with Gasteiger partial charge in [0.25, 0.3) is 0 Å². The maximum Gasteiger partial charge on any atom is 0.391 e. The summed E-state index contributed by atoms with van der Waals surface area (Å²) in [6.07, 6.45) is -3.57. The number of halogens is 3. The topological polar surface area (TPSA) is 63.8 Å². The van der Waals surface area contributed by atoms with Gasteiger partial charge in [-0.1, -0.05) is 6.42 Å². The van der Waals surface area contributed by atoms with E-state index < -0.39 is 18.2 Å². The molecule has 0 aliphatic heterocycles. The van der Waals surface area contributed by atoms with Crippen molar-refractivity contribution in [2.24, 2.45) is 18.9 Å². The molecule has 1 saturated carbocycles. The molecule has 3 atom stereocenters. The molecular formula is C11H17F3N4O. The highest BCUT2D eigenvalue weighted by Gasteiger charge is 2.43. The van der Waals surface area contributed by atoms with E-state index in [1.165, 1.54) is 4.80 Å². The smallest absolute Gasteiger partial charge is 0.391 e. The minimum Gasteiger partial charge on any atom is -0.392 e. The van der Waals surface area contributed by atoms with E-state index in [9.17, 15) is 18.3 Å². The Morgan fingerprint density at radius 1 is 1.42 bits per heavy atom. The van der Waals surface area contributed by atoms with Crippen LogP contribution in [0.25, 0.3) is 0 Å². The fourth-order valence-corrected chi connectivity index (χ4v) is 2.63. The van der Waals surface area contributed by atoms with Gasteiger partial charge in [-0.05, 0) is 30.4 Å². The zero-order valence-electron chi connectivity index (χ0n) is 10.6. The van der Waals surface area contributed by atoms with Crippen molar-refractivity contribution in [2.45, 2.75) is 44.4 Å². The van der Waals surface area contributed by atoms with E-state index in [4.69, 9.17) is 0 Å². The van der Waals surface area contributed by atoms with Gasteiger partial charge in [-0.25, -0.2) is 0 Å². The summed E-state index contributed by atoms with van der Waals surface area (Å²) in [4.78, 5) is 1.27. The lowest BCUT2D eigenvalue weighted by Gasteiger charge is -2.32. The molecule has 1 N–H and O–H groups in total. The summed E-state index contributed by atoms with van der Waals surface area (Å²) in [6, 6.07) is 0. The third kappa shape index (κ3) is 3.65. The third-order valence-electron chi connectivity index (χ3n) is 3.66. The van der Waals surface area contributed by atoms with Crippen LogP contribution in [0.5, 0.6) is 0 Å². The molecule has 3 unspecified atom stereocenters. The molecule has 2 rings (SSSR count). The van der Waals surface area contributed by atoms with Gasteiger partial charge in [-0.3, -0.25) is 0 Å².